The van der Waals surface area contributed by atoms with Crippen molar-refractivity contribution in [2.24, 2.45) is 11.7 Å². The molecule has 134 valence electrons. The molecule has 7 nitrogen and oxygen atoms in total. The first-order chi connectivity index (χ1) is 11.8. The largest absolute Gasteiger partial charge is 0.368 e. The number of benzene rings is 1. The summed E-state index contributed by atoms with van der Waals surface area (Å²) in [5.41, 5.74) is 5.58. The number of hydrogen-bond acceptors (Lipinski definition) is 4. The van der Waals surface area contributed by atoms with E-state index in [4.69, 9.17) is 5.73 Å². The molecule has 3 atom stereocenters. The van der Waals surface area contributed by atoms with Gasteiger partial charge in [-0.2, -0.15) is 0 Å². The molecule has 1 aromatic carbocycles. The average Bonchev–Trinajstić information content (AvgIpc) is 2.80. The van der Waals surface area contributed by atoms with Crippen LogP contribution in [-0.2, 0) is 9.59 Å². The van der Waals surface area contributed by atoms with Gasteiger partial charge in [-0.1, -0.05) is 30.3 Å². The first-order valence-electron chi connectivity index (χ1n) is 8.53. The van der Waals surface area contributed by atoms with E-state index in [9.17, 15) is 14.4 Å². The molecule has 0 aliphatic carbocycles. The van der Waals surface area contributed by atoms with Crippen LogP contribution in [0, 0.1) is 5.92 Å². The lowest BCUT2D eigenvalue weighted by Gasteiger charge is -2.42. The number of urea groups is 1. The number of primary amides is 1. The van der Waals surface area contributed by atoms with Crippen LogP contribution in [-0.4, -0.2) is 53.3 Å². The summed E-state index contributed by atoms with van der Waals surface area (Å²) in [4.78, 5) is 39.7. The lowest BCUT2D eigenvalue weighted by atomic mass is 9.79. The minimum absolute atomic E-state index is 0.0757. The highest BCUT2D eigenvalue weighted by atomic mass is 16.2. The monoisotopic (exact) mass is 344 g/mol. The molecule has 0 saturated carbocycles. The van der Waals surface area contributed by atoms with Crippen LogP contribution in [0.2, 0.25) is 0 Å². The highest BCUT2D eigenvalue weighted by Crippen LogP contribution is 2.35. The van der Waals surface area contributed by atoms with Crippen LogP contribution in [0.1, 0.15) is 31.4 Å². The second kappa shape index (κ2) is 6.48. The van der Waals surface area contributed by atoms with Gasteiger partial charge in [0.25, 0.3) is 5.91 Å². The Morgan fingerprint density at radius 1 is 1.32 bits per heavy atom. The summed E-state index contributed by atoms with van der Waals surface area (Å²) in [6, 6.07) is 8.52. The van der Waals surface area contributed by atoms with Gasteiger partial charge in [0, 0.05) is 19.5 Å². The number of likely N-dealkylation sites (N-methyl/N-ethyl adjacent to an activating group) is 1. The number of imide groups is 1. The predicted molar refractivity (Wildman–Crippen MR) is 92.4 cm³/mol. The van der Waals surface area contributed by atoms with Gasteiger partial charge in [0.15, 0.2) is 0 Å². The van der Waals surface area contributed by atoms with E-state index in [-0.39, 0.29) is 17.9 Å². The Labute approximate surface area is 147 Å². The molecule has 25 heavy (non-hydrogen) atoms. The van der Waals surface area contributed by atoms with Crippen LogP contribution in [0.4, 0.5) is 4.79 Å². The number of hydrogen-bond donors (Lipinski definition) is 2. The van der Waals surface area contributed by atoms with Crippen molar-refractivity contribution in [2.45, 2.75) is 31.3 Å². The maximum Gasteiger partial charge on any atom is 0.324 e. The van der Waals surface area contributed by atoms with Crippen molar-refractivity contribution in [1.29, 1.82) is 0 Å². The van der Waals surface area contributed by atoms with Crippen LogP contribution in [0.5, 0.6) is 0 Å². The standard InChI is InChI=1S/C18H24N4O3/c1-18(16(24)21(2)17(25)20-18)13-9-6-10-22(11-13)14(15(19)23)12-7-4-3-5-8-12/h3-5,7-8,13-14H,6,9-11H2,1-2H3,(H2,19,23)(H,20,25)/t13-,14-,18+/m0/s1. The number of nitrogens with zero attached hydrogens (tertiary/aromatic N) is 2. The van der Waals surface area contributed by atoms with Crippen molar-refractivity contribution in [3.8, 4) is 0 Å². The van der Waals surface area contributed by atoms with E-state index in [0.717, 1.165) is 29.8 Å². The molecule has 2 saturated heterocycles. The highest BCUT2D eigenvalue weighted by molar-refractivity contribution is 6.06. The zero-order valence-electron chi connectivity index (χ0n) is 14.6. The van der Waals surface area contributed by atoms with Gasteiger partial charge in [-0.3, -0.25) is 19.4 Å². The Morgan fingerprint density at radius 3 is 2.56 bits per heavy atom. The third-order valence-corrected chi connectivity index (χ3v) is 5.44. The van der Waals surface area contributed by atoms with Gasteiger partial charge in [0.2, 0.25) is 5.91 Å². The van der Waals surface area contributed by atoms with Crippen molar-refractivity contribution in [3.05, 3.63) is 35.9 Å². The second-order valence-electron chi connectivity index (χ2n) is 7.05. The van der Waals surface area contributed by atoms with Crippen LogP contribution >= 0.6 is 0 Å². The van der Waals surface area contributed by atoms with Crippen molar-refractivity contribution in [3.63, 3.8) is 0 Å². The van der Waals surface area contributed by atoms with Gasteiger partial charge >= 0.3 is 6.03 Å². The topological polar surface area (TPSA) is 95.7 Å². The third kappa shape index (κ3) is 3.00. The molecule has 0 spiro atoms. The Morgan fingerprint density at radius 2 is 2.00 bits per heavy atom. The maximum absolute atomic E-state index is 12.5. The predicted octanol–water partition coefficient (Wildman–Crippen LogP) is 0.865. The van der Waals surface area contributed by atoms with E-state index in [2.05, 4.69) is 5.32 Å². The maximum atomic E-state index is 12.5. The summed E-state index contributed by atoms with van der Waals surface area (Å²) in [5, 5.41) is 2.82. The fraction of sp³-hybridized carbons (Fsp3) is 0.500. The lowest BCUT2D eigenvalue weighted by Crippen LogP contribution is -2.56. The number of nitrogens with one attached hydrogen (secondary N) is 1. The summed E-state index contributed by atoms with van der Waals surface area (Å²) in [7, 11) is 1.49. The zero-order valence-corrected chi connectivity index (χ0v) is 14.6. The van der Waals surface area contributed by atoms with Crippen molar-refractivity contribution in [2.75, 3.05) is 20.1 Å². The lowest BCUT2D eigenvalue weighted by molar-refractivity contribution is -0.133. The molecule has 0 radical (unpaired) electrons. The fourth-order valence-corrected chi connectivity index (χ4v) is 3.98. The third-order valence-electron chi connectivity index (χ3n) is 5.44. The van der Waals surface area contributed by atoms with Gasteiger partial charge in [-0.25, -0.2) is 4.79 Å². The summed E-state index contributed by atoms with van der Waals surface area (Å²) in [6.45, 7) is 3.03. The minimum atomic E-state index is -0.941. The zero-order chi connectivity index (χ0) is 18.2. The van der Waals surface area contributed by atoms with E-state index in [1.807, 2.05) is 35.2 Å². The molecule has 0 bridgehead atoms. The Hall–Kier alpha value is -2.41. The van der Waals surface area contributed by atoms with Crippen LogP contribution in [0.3, 0.4) is 0 Å². The Kier molecular flexibility index (Phi) is 4.51. The molecule has 4 amide bonds. The Balaban J connectivity index is 1.84. The van der Waals surface area contributed by atoms with E-state index in [0.29, 0.717) is 6.54 Å². The fourth-order valence-electron chi connectivity index (χ4n) is 3.98. The summed E-state index contributed by atoms with van der Waals surface area (Å²) < 4.78 is 0. The van der Waals surface area contributed by atoms with Crippen LogP contribution < -0.4 is 11.1 Å². The average molecular weight is 344 g/mol. The van der Waals surface area contributed by atoms with E-state index < -0.39 is 17.5 Å². The normalized spacial score (nSPS) is 28.7. The number of nitrogens with two attached hydrogens (primary N) is 1. The van der Waals surface area contributed by atoms with E-state index in [1.165, 1.54) is 7.05 Å². The SMILES string of the molecule is CN1C(=O)N[C@](C)([C@H]2CCCN([C@H](C(N)=O)c3ccccc3)C2)C1=O. The molecule has 2 fully saturated rings. The van der Waals surface area contributed by atoms with Crippen molar-refractivity contribution >= 4 is 17.8 Å². The van der Waals surface area contributed by atoms with E-state index >= 15 is 0 Å². The second-order valence-corrected chi connectivity index (χ2v) is 7.05. The molecule has 2 aliphatic rings. The first-order valence-corrected chi connectivity index (χ1v) is 8.53. The van der Waals surface area contributed by atoms with Crippen LogP contribution in [0.25, 0.3) is 0 Å². The number of amides is 4. The molecule has 3 N–H and O–H groups in total. The van der Waals surface area contributed by atoms with Crippen molar-refractivity contribution in [1.82, 2.24) is 15.1 Å². The summed E-state index contributed by atoms with van der Waals surface area (Å²) in [5.74, 6) is -0.705. The van der Waals surface area contributed by atoms with Gasteiger partial charge in [0.05, 0.1) is 0 Å². The molecule has 3 rings (SSSR count). The number of likely N-dealkylation sites (tertiary alicyclic amines) is 1. The number of carbonyl (C=O) groups excluding carboxylic acids is 3. The molecule has 7 heteroatoms. The molecule has 1 aromatic rings. The van der Waals surface area contributed by atoms with Crippen LogP contribution in [0.15, 0.2) is 30.3 Å². The minimum Gasteiger partial charge on any atom is -0.368 e. The van der Waals surface area contributed by atoms with Gasteiger partial charge < -0.3 is 11.1 Å². The van der Waals surface area contributed by atoms with Crippen molar-refractivity contribution < 1.29 is 14.4 Å². The molecule has 2 aliphatic heterocycles. The molecule has 0 aromatic heterocycles. The number of piperidine rings is 1. The molecular weight excluding hydrogens is 320 g/mol. The number of rotatable bonds is 4. The molecular formula is C18H24N4O3. The first kappa shape index (κ1) is 17.4. The highest BCUT2D eigenvalue weighted by Gasteiger charge is 2.52. The van der Waals surface area contributed by atoms with E-state index in [1.54, 1.807) is 6.92 Å². The quantitative estimate of drug-likeness (QED) is 0.792. The molecule has 0 unspecified atom stereocenters. The van der Waals surface area contributed by atoms with Gasteiger partial charge in [-0.15, -0.1) is 0 Å². The number of carbonyl (C=O) groups is 3. The summed E-state index contributed by atoms with van der Waals surface area (Å²) >= 11 is 0. The van der Waals surface area contributed by atoms with Gasteiger partial charge in [-0.05, 0) is 31.9 Å². The summed E-state index contributed by atoms with van der Waals surface area (Å²) in [6.07, 6.45) is 1.65. The smallest absolute Gasteiger partial charge is 0.324 e. The van der Waals surface area contributed by atoms with Gasteiger partial charge in [0.1, 0.15) is 11.6 Å². The molecule has 2 heterocycles. The Bertz CT molecular complexity index is 693.